The Labute approximate surface area is 93.8 Å². The molecule has 0 saturated carbocycles. The van der Waals surface area contributed by atoms with Gasteiger partial charge < -0.3 is 0 Å². The molecule has 0 bridgehead atoms. The lowest BCUT2D eigenvalue weighted by Crippen LogP contribution is -2.31. The summed E-state index contributed by atoms with van der Waals surface area (Å²) in [4.78, 5) is 24.4. The molecule has 0 aliphatic carbocycles. The minimum Gasteiger partial charge on any atom is -0.278 e. The molecule has 0 radical (unpaired) electrons. The number of halogens is 1. The van der Waals surface area contributed by atoms with Crippen molar-refractivity contribution in [1.82, 2.24) is 4.90 Å². The van der Waals surface area contributed by atoms with E-state index in [4.69, 9.17) is 0 Å². The maximum absolute atomic E-state index is 11.8. The second-order valence-electron chi connectivity index (χ2n) is 3.09. The predicted octanol–water partition coefficient (Wildman–Crippen LogP) is 2.27. The number of likely N-dealkylation sites (tertiary alicyclic amines) is 1. The number of imide groups is 1. The Bertz CT molecular complexity index is 388. The third-order valence-corrected chi connectivity index (χ3v) is 3.64. The number of amides is 2. The van der Waals surface area contributed by atoms with Crippen molar-refractivity contribution < 1.29 is 9.59 Å². The average Bonchev–Trinajstić information content (AvgIpc) is 2.73. The summed E-state index contributed by atoms with van der Waals surface area (Å²) in [6, 6.07) is 1.75. The van der Waals surface area contributed by atoms with Gasteiger partial charge in [-0.1, -0.05) is 0 Å². The first kappa shape index (κ1) is 9.86. The quantitative estimate of drug-likeness (QED) is 0.737. The van der Waals surface area contributed by atoms with E-state index < -0.39 is 0 Å². The highest BCUT2D eigenvalue weighted by atomic mass is 79.9. The van der Waals surface area contributed by atoms with Gasteiger partial charge in [0.2, 0.25) is 5.91 Å². The van der Waals surface area contributed by atoms with Crippen molar-refractivity contribution in [3.05, 3.63) is 20.8 Å². The highest BCUT2D eigenvalue weighted by molar-refractivity contribution is 9.11. The minimum absolute atomic E-state index is 0.0580. The van der Waals surface area contributed by atoms with Crippen LogP contribution in [0, 0.1) is 0 Å². The van der Waals surface area contributed by atoms with Crippen LogP contribution in [0.25, 0.3) is 0 Å². The average molecular weight is 274 g/mol. The van der Waals surface area contributed by atoms with E-state index in [0.717, 1.165) is 10.2 Å². The summed E-state index contributed by atoms with van der Waals surface area (Å²) in [6.07, 6.45) is 1.28. The summed E-state index contributed by atoms with van der Waals surface area (Å²) in [5, 5.41) is 1.76. The Balaban J connectivity index is 2.19. The number of rotatable bonds is 1. The number of hydrogen-bond donors (Lipinski definition) is 0. The van der Waals surface area contributed by atoms with Crippen molar-refractivity contribution in [3.8, 4) is 0 Å². The fourth-order valence-electron chi connectivity index (χ4n) is 1.44. The summed E-state index contributed by atoms with van der Waals surface area (Å²) in [5.41, 5.74) is 0.595. The molecule has 1 aliphatic heterocycles. The van der Waals surface area contributed by atoms with Crippen LogP contribution in [-0.4, -0.2) is 23.3 Å². The SMILES string of the molecule is O=C1CCCN1C(=O)c1csc(Br)c1. The van der Waals surface area contributed by atoms with E-state index in [1.54, 1.807) is 11.4 Å². The van der Waals surface area contributed by atoms with Crippen LogP contribution in [0.15, 0.2) is 15.2 Å². The summed E-state index contributed by atoms with van der Waals surface area (Å²) in [6.45, 7) is 0.561. The van der Waals surface area contributed by atoms with Crippen molar-refractivity contribution in [3.63, 3.8) is 0 Å². The van der Waals surface area contributed by atoms with Gasteiger partial charge in [0, 0.05) is 18.3 Å². The van der Waals surface area contributed by atoms with E-state index >= 15 is 0 Å². The van der Waals surface area contributed by atoms with Crippen LogP contribution in [0.2, 0.25) is 0 Å². The first-order valence-corrected chi connectivity index (χ1v) is 5.94. The number of carbonyl (C=O) groups excluding carboxylic acids is 2. The van der Waals surface area contributed by atoms with Crippen LogP contribution < -0.4 is 0 Å². The summed E-state index contributed by atoms with van der Waals surface area (Å²) >= 11 is 4.74. The molecule has 1 aromatic heterocycles. The molecule has 0 unspecified atom stereocenters. The van der Waals surface area contributed by atoms with E-state index in [1.807, 2.05) is 0 Å². The van der Waals surface area contributed by atoms with Crippen LogP contribution in [0.4, 0.5) is 0 Å². The molecule has 0 spiro atoms. The molecular weight excluding hydrogens is 266 g/mol. The van der Waals surface area contributed by atoms with Crippen molar-refractivity contribution in [2.24, 2.45) is 0 Å². The van der Waals surface area contributed by atoms with E-state index in [2.05, 4.69) is 15.9 Å². The zero-order valence-corrected chi connectivity index (χ0v) is 9.73. The van der Waals surface area contributed by atoms with Crippen molar-refractivity contribution in [2.75, 3.05) is 6.54 Å². The molecule has 5 heteroatoms. The van der Waals surface area contributed by atoms with Crippen LogP contribution in [0.5, 0.6) is 0 Å². The van der Waals surface area contributed by atoms with Gasteiger partial charge >= 0.3 is 0 Å². The fourth-order valence-corrected chi connectivity index (χ4v) is 2.57. The van der Waals surface area contributed by atoms with Gasteiger partial charge in [-0.25, -0.2) is 0 Å². The molecule has 2 heterocycles. The lowest BCUT2D eigenvalue weighted by Gasteiger charge is -2.11. The molecule has 1 aromatic rings. The molecule has 2 amide bonds. The molecule has 1 fully saturated rings. The maximum Gasteiger partial charge on any atom is 0.261 e. The van der Waals surface area contributed by atoms with Gasteiger partial charge in [0.25, 0.3) is 5.91 Å². The molecule has 0 atom stereocenters. The Kier molecular flexibility index (Phi) is 2.69. The smallest absolute Gasteiger partial charge is 0.261 e. The van der Waals surface area contributed by atoms with Crippen molar-refractivity contribution in [1.29, 1.82) is 0 Å². The second-order valence-corrected chi connectivity index (χ2v) is 5.38. The van der Waals surface area contributed by atoms with Crippen molar-refractivity contribution >= 4 is 39.1 Å². The molecule has 0 N–H and O–H groups in total. The standard InChI is InChI=1S/C9H8BrNO2S/c10-7-4-6(5-14-7)9(13)11-3-1-2-8(11)12/h4-5H,1-3H2. The number of nitrogens with zero attached hydrogens (tertiary/aromatic N) is 1. The maximum atomic E-state index is 11.8. The van der Waals surface area contributed by atoms with E-state index in [0.29, 0.717) is 18.5 Å². The minimum atomic E-state index is -0.172. The number of thiophene rings is 1. The normalized spacial score (nSPS) is 16.4. The van der Waals surface area contributed by atoms with Crippen LogP contribution in [0.3, 0.4) is 0 Å². The molecule has 1 aliphatic rings. The van der Waals surface area contributed by atoms with E-state index in [9.17, 15) is 9.59 Å². The van der Waals surface area contributed by atoms with Gasteiger partial charge in [0.1, 0.15) is 0 Å². The Hall–Kier alpha value is -0.680. The summed E-state index contributed by atoms with van der Waals surface area (Å²) in [7, 11) is 0. The molecule has 1 saturated heterocycles. The molecule has 14 heavy (non-hydrogen) atoms. The highest BCUT2D eigenvalue weighted by Gasteiger charge is 2.27. The van der Waals surface area contributed by atoms with Gasteiger partial charge in [0.05, 0.1) is 9.35 Å². The first-order valence-electron chi connectivity index (χ1n) is 4.27. The first-order chi connectivity index (χ1) is 6.68. The largest absolute Gasteiger partial charge is 0.278 e. The Morgan fingerprint density at radius 2 is 2.36 bits per heavy atom. The van der Waals surface area contributed by atoms with Crippen LogP contribution in [0.1, 0.15) is 23.2 Å². The van der Waals surface area contributed by atoms with E-state index in [-0.39, 0.29) is 11.8 Å². The highest BCUT2D eigenvalue weighted by Crippen LogP contribution is 2.23. The van der Waals surface area contributed by atoms with Crippen LogP contribution >= 0.6 is 27.3 Å². The fraction of sp³-hybridized carbons (Fsp3) is 0.333. The molecule has 3 nitrogen and oxygen atoms in total. The molecule has 74 valence electrons. The second kappa shape index (κ2) is 3.82. The zero-order valence-electron chi connectivity index (χ0n) is 7.33. The topological polar surface area (TPSA) is 37.4 Å². The Morgan fingerprint density at radius 3 is 2.86 bits per heavy atom. The molecule has 0 aromatic carbocycles. The Morgan fingerprint density at radius 1 is 1.57 bits per heavy atom. The predicted molar refractivity (Wildman–Crippen MR) is 57.3 cm³/mol. The van der Waals surface area contributed by atoms with Gasteiger partial charge in [-0.15, -0.1) is 11.3 Å². The van der Waals surface area contributed by atoms with Gasteiger partial charge in [-0.3, -0.25) is 14.5 Å². The lowest BCUT2D eigenvalue weighted by atomic mass is 10.3. The summed E-state index contributed by atoms with van der Waals surface area (Å²) in [5.74, 6) is -0.230. The lowest BCUT2D eigenvalue weighted by molar-refractivity contribution is -0.125. The molecular formula is C9H8BrNO2S. The summed E-state index contributed by atoms with van der Waals surface area (Å²) < 4.78 is 0.910. The van der Waals surface area contributed by atoms with Crippen LogP contribution in [-0.2, 0) is 4.79 Å². The third-order valence-electron chi connectivity index (χ3n) is 2.13. The monoisotopic (exact) mass is 273 g/mol. The van der Waals surface area contributed by atoms with Gasteiger partial charge in [-0.05, 0) is 28.4 Å². The number of carbonyl (C=O) groups is 2. The molecule has 2 rings (SSSR count). The van der Waals surface area contributed by atoms with E-state index in [1.165, 1.54) is 16.2 Å². The van der Waals surface area contributed by atoms with Gasteiger partial charge in [-0.2, -0.15) is 0 Å². The zero-order chi connectivity index (χ0) is 10.1. The van der Waals surface area contributed by atoms with Crippen molar-refractivity contribution in [2.45, 2.75) is 12.8 Å². The number of hydrogen-bond acceptors (Lipinski definition) is 3. The van der Waals surface area contributed by atoms with Gasteiger partial charge in [0.15, 0.2) is 0 Å². The third kappa shape index (κ3) is 1.74.